The second kappa shape index (κ2) is 5.03. The van der Waals surface area contributed by atoms with E-state index in [1.54, 1.807) is 6.07 Å². The van der Waals surface area contributed by atoms with Gasteiger partial charge < -0.3 is 5.32 Å². The van der Waals surface area contributed by atoms with E-state index in [0.29, 0.717) is 18.7 Å². The quantitative estimate of drug-likeness (QED) is 0.711. The fraction of sp³-hybridized carbons (Fsp3) is 0.273. The van der Waals surface area contributed by atoms with Crippen LogP contribution in [0.2, 0.25) is 0 Å². The first kappa shape index (κ1) is 10.3. The van der Waals surface area contributed by atoms with E-state index in [-0.39, 0.29) is 5.91 Å². The third-order valence-electron chi connectivity index (χ3n) is 1.71. The van der Waals surface area contributed by atoms with Crippen molar-refractivity contribution in [1.29, 1.82) is 0 Å². The Hall–Kier alpha value is -1.82. The van der Waals surface area contributed by atoms with Crippen molar-refractivity contribution in [2.45, 2.75) is 13.3 Å². The van der Waals surface area contributed by atoms with Gasteiger partial charge in [-0.05, 0) is 12.1 Å². The Labute approximate surface area is 83.6 Å². The smallest absolute Gasteiger partial charge is 0.216 e. The predicted octanol–water partition coefficient (Wildman–Crippen LogP) is 0.741. The number of nitrogens with zero attached hydrogens (tertiary/aromatic N) is 1. The summed E-state index contributed by atoms with van der Waals surface area (Å²) in [7, 11) is 0. The predicted molar refractivity (Wildman–Crippen MR) is 54.6 cm³/mol. The van der Waals surface area contributed by atoms with Crippen molar-refractivity contribution in [3.8, 4) is 12.3 Å². The highest BCUT2D eigenvalue weighted by Crippen LogP contribution is 1.98. The molecule has 0 aliphatic rings. The van der Waals surface area contributed by atoms with Gasteiger partial charge in [0.2, 0.25) is 5.91 Å². The second-order valence-electron chi connectivity index (χ2n) is 2.89. The van der Waals surface area contributed by atoms with Gasteiger partial charge >= 0.3 is 0 Å². The van der Waals surface area contributed by atoms with E-state index in [1.807, 2.05) is 12.1 Å². The highest BCUT2D eigenvalue weighted by atomic mass is 16.1. The molecule has 1 aromatic rings. The molecular weight excluding hydrogens is 176 g/mol. The summed E-state index contributed by atoms with van der Waals surface area (Å²) in [5, 5.41) is 2.70. The van der Waals surface area contributed by atoms with Crippen LogP contribution in [0, 0.1) is 12.3 Å². The van der Waals surface area contributed by atoms with E-state index >= 15 is 0 Å². The highest BCUT2D eigenvalue weighted by molar-refractivity contribution is 5.72. The monoisotopic (exact) mass is 188 g/mol. The average Bonchev–Trinajstić information content (AvgIpc) is 2.18. The van der Waals surface area contributed by atoms with E-state index in [2.05, 4.69) is 16.2 Å². The molecule has 0 fully saturated rings. The molecule has 0 radical (unpaired) electrons. The molecule has 0 saturated heterocycles. The van der Waals surface area contributed by atoms with Gasteiger partial charge in [-0.1, -0.05) is 12.0 Å². The van der Waals surface area contributed by atoms with Gasteiger partial charge in [-0.15, -0.1) is 6.42 Å². The van der Waals surface area contributed by atoms with E-state index in [9.17, 15) is 4.79 Å². The van der Waals surface area contributed by atoms with Crippen molar-refractivity contribution >= 4 is 5.91 Å². The van der Waals surface area contributed by atoms with Gasteiger partial charge in [-0.2, -0.15) is 0 Å². The van der Waals surface area contributed by atoms with Gasteiger partial charge in [0.25, 0.3) is 0 Å². The maximum atomic E-state index is 10.6. The van der Waals surface area contributed by atoms with Gasteiger partial charge in [-0.3, -0.25) is 4.79 Å². The average molecular weight is 188 g/mol. The second-order valence-corrected chi connectivity index (χ2v) is 2.89. The van der Waals surface area contributed by atoms with Crippen LogP contribution in [0.1, 0.15) is 18.3 Å². The molecule has 1 aromatic heterocycles. The molecule has 0 atom stereocenters. The zero-order valence-corrected chi connectivity index (χ0v) is 8.08. The minimum absolute atomic E-state index is 0.0295. The Kier molecular flexibility index (Phi) is 3.69. The first-order valence-corrected chi connectivity index (χ1v) is 4.39. The molecule has 0 aliphatic heterocycles. The molecule has 1 rings (SSSR count). The lowest BCUT2D eigenvalue weighted by molar-refractivity contribution is -0.118. The van der Waals surface area contributed by atoms with E-state index in [4.69, 9.17) is 6.42 Å². The Morgan fingerprint density at radius 1 is 1.64 bits per heavy atom. The third-order valence-corrected chi connectivity index (χ3v) is 1.71. The highest BCUT2D eigenvalue weighted by Gasteiger charge is 1.96. The number of carbonyl (C=O) groups is 1. The van der Waals surface area contributed by atoms with Crippen LogP contribution in [-0.2, 0) is 11.2 Å². The van der Waals surface area contributed by atoms with E-state index in [0.717, 1.165) is 5.69 Å². The number of hydrogen-bond donors (Lipinski definition) is 1. The molecule has 0 aliphatic carbocycles. The van der Waals surface area contributed by atoms with Crippen molar-refractivity contribution in [2.75, 3.05) is 6.54 Å². The van der Waals surface area contributed by atoms with Gasteiger partial charge in [-0.25, -0.2) is 4.98 Å². The molecule has 0 unspecified atom stereocenters. The SMILES string of the molecule is C#Cc1cccc(CCNC(C)=O)n1. The molecule has 1 amide bonds. The van der Waals surface area contributed by atoms with Crippen LogP contribution in [0.25, 0.3) is 0 Å². The molecule has 0 aromatic carbocycles. The number of nitrogens with one attached hydrogen (secondary N) is 1. The van der Waals surface area contributed by atoms with Crippen LogP contribution in [0.4, 0.5) is 0 Å². The van der Waals surface area contributed by atoms with Crippen molar-refractivity contribution in [3.05, 3.63) is 29.6 Å². The molecule has 14 heavy (non-hydrogen) atoms. The van der Waals surface area contributed by atoms with Crippen LogP contribution in [0.15, 0.2) is 18.2 Å². The van der Waals surface area contributed by atoms with Crippen molar-refractivity contribution in [2.24, 2.45) is 0 Å². The van der Waals surface area contributed by atoms with E-state index < -0.39 is 0 Å². The summed E-state index contributed by atoms with van der Waals surface area (Å²) in [4.78, 5) is 14.8. The first-order valence-electron chi connectivity index (χ1n) is 4.39. The minimum atomic E-state index is -0.0295. The lowest BCUT2D eigenvalue weighted by atomic mass is 10.2. The fourth-order valence-electron chi connectivity index (χ4n) is 1.07. The molecule has 72 valence electrons. The summed E-state index contributed by atoms with van der Waals surface area (Å²) in [5.74, 6) is 2.44. The largest absolute Gasteiger partial charge is 0.356 e. The number of rotatable bonds is 3. The molecule has 0 spiro atoms. The van der Waals surface area contributed by atoms with Gasteiger partial charge in [0.05, 0.1) is 0 Å². The molecule has 1 heterocycles. The Morgan fingerprint density at radius 2 is 2.43 bits per heavy atom. The molecular formula is C11H12N2O. The van der Waals surface area contributed by atoms with Crippen molar-refractivity contribution in [1.82, 2.24) is 10.3 Å². The summed E-state index contributed by atoms with van der Waals surface area (Å²) in [5.41, 5.74) is 1.53. The maximum Gasteiger partial charge on any atom is 0.216 e. The Morgan fingerprint density at radius 3 is 3.07 bits per heavy atom. The maximum absolute atomic E-state index is 10.6. The standard InChI is InChI=1S/C11H12N2O/c1-3-10-5-4-6-11(13-10)7-8-12-9(2)14/h1,4-6H,7-8H2,2H3,(H,12,14). The summed E-state index contributed by atoms with van der Waals surface area (Å²) in [6.07, 6.45) is 5.92. The van der Waals surface area contributed by atoms with E-state index in [1.165, 1.54) is 6.92 Å². The molecule has 0 bridgehead atoms. The first-order chi connectivity index (χ1) is 6.72. The summed E-state index contributed by atoms with van der Waals surface area (Å²) < 4.78 is 0. The lowest BCUT2D eigenvalue weighted by Crippen LogP contribution is -2.22. The minimum Gasteiger partial charge on any atom is -0.356 e. The molecule has 0 saturated carbocycles. The van der Waals surface area contributed by atoms with Crippen molar-refractivity contribution in [3.63, 3.8) is 0 Å². The van der Waals surface area contributed by atoms with Crippen LogP contribution in [0.3, 0.4) is 0 Å². The summed E-state index contributed by atoms with van der Waals surface area (Å²) in [6.45, 7) is 2.08. The van der Waals surface area contributed by atoms with Crippen LogP contribution < -0.4 is 5.32 Å². The van der Waals surface area contributed by atoms with Crippen LogP contribution >= 0.6 is 0 Å². The van der Waals surface area contributed by atoms with Gasteiger partial charge in [0, 0.05) is 25.6 Å². The lowest BCUT2D eigenvalue weighted by Gasteiger charge is -2.01. The molecule has 1 N–H and O–H groups in total. The number of aromatic nitrogens is 1. The summed E-state index contributed by atoms with van der Waals surface area (Å²) >= 11 is 0. The van der Waals surface area contributed by atoms with Crippen molar-refractivity contribution < 1.29 is 4.79 Å². The normalized spacial score (nSPS) is 9.14. The zero-order valence-electron chi connectivity index (χ0n) is 8.08. The summed E-state index contributed by atoms with van der Waals surface area (Å²) in [6, 6.07) is 5.54. The topological polar surface area (TPSA) is 42.0 Å². The van der Waals surface area contributed by atoms with Gasteiger partial charge in [0.15, 0.2) is 0 Å². The Balaban J connectivity index is 2.51. The number of pyridine rings is 1. The zero-order chi connectivity index (χ0) is 10.4. The number of hydrogen-bond acceptors (Lipinski definition) is 2. The molecule has 3 nitrogen and oxygen atoms in total. The number of terminal acetylenes is 1. The van der Waals surface area contributed by atoms with Crippen LogP contribution in [-0.4, -0.2) is 17.4 Å². The molecule has 3 heteroatoms. The third kappa shape index (κ3) is 3.28. The Bertz CT molecular complexity index is 366. The van der Waals surface area contributed by atoms with Crippen LogP contribution in [0.5, 0.6) is 0 Å². The fourth-order valence-corrected chi connectivity index (χ4v) is 1.07. The van der Waals surface area contributed by atoms with Gasteiger partial charge in [0.1, 0.15) is 5.69 Å². The number of amides is 1. The number of carbonyl (C=O) groups excluding carboxylic acids is 1.